The van der Waals surface area contributed by atoms with E-state index < -0.39 is 40.8 Å². The predicted molar refractivity (Wildman–Crippen MR) is 66.8 cm³/mol. The summed E-state index contributed by atoms with van der Waals surface area (Å²) in [5.41, 5.74) is -1.68. The highest BCUT2D eigenvalue weighted by Gasteiger charge is 2.31. The Hall–Kier alpha value is -1.37. The lowest BCUT2D eigenvalue weighted by Crippen LogP contribution is -2.12. The van der Waals surface area contributed by atoms with Gasteiger partial charge in [0.15, 0.2) is 23.3 Å². The molecule has 0 bridgehead atoms. The van der Waals surface area contributed by atoms with Gasteiger partial charge in [-0.3, -0.25) is 0 Å². The Morgan fingerprint density at radius 1 is 0.810 bits per heavy atom. The fraction of sp³-hybridized carbons (Fsp3) is 0.0769. The van der Waals surface area contributed by atoms with Crippen molar-refractivity contribution < 1.29 is 27.1 Å². The summed E-state index contributed by atoms with van der Waals surface area (Å²) in [5, 5.41) is 9.84. The summed E-state index contributed by atoms with van der Waals surface area (Å²) in [6.45, 7) is 0. The molecule has 1 nitrogen and oxygen atoms in total. The second-order valence-corrected chi connectivity index (χ2v) is 4.90. The minimum Gasteiger partial charge on any atom is -0.383 e. The minimum atomic E-state index is -2.31. The summed E-state index contributed by atoms with van der Waals surface area (Å²) in [6.07, 6.45) is -2.17. The van der Waals surface area contributed by atoms with Gasteiger partial charge in [-0.25, -0.2) is 22.0 Å². The molecule has 1 atom stereocenters. The van der Waals surface area contributed by atoms with Gasteiger partial charge >= 0.3 is 0 Å². The lowest BCUT2D eigenvalue weighted by molar-refractivity contribution is 0.203. The first-order valence-electron chi connectivity index (χ1n) is 5.40. The van der Waals surface area contributed by atoms with Gasteiger partial charge in [0.25, 0.3) is 0 Å². The zero-order valence-corrected chi connectivity index (χ0v) is 11.4. The molecule has 0 radical (unpaired) electrons. The first-order chi connectivity index (χ1) is 9.75. The van der Waals surface area contributed by atoms with Gasteiger partial charge in [-0.05, 0) is 18.2 Å². The van der Waals surface area contributed by atoms with Crippen LogP contribution in [0.4, 0.5) is 22.0 Å². The molecule has 1 unspecified atom stereocenters. The molecule has 2 rings (SSSR count). The van der Waals surface area contributed by atoms with Crippen molar-refractivity contribution in [1.29, 1.82) is 0 Å². The van der Waals surface area contributed by atoms with Crippen molar-refractivity contribution in [3.05, 3.63) is 68.5 Å². The van der Waals surface area contributed by atoms with Gasteiger partial charge in [-0.2, -0.15) is 0 Å². The highest BCUT2D eigenvalue weighted by molar-refractivity contribution is 6.33. The number of halogens is 7. The largest absolute Gasteiger partial charge is 0.383 e. The lowest BCUT2D eigenvalue weighted by atomic mass is 9.99. The lowest BCUT2D eigenvalue weighted by Gasteiger charge is -2.16. The van der Waals surface area contributed by atoms with Crippen LogP contribution < -0.4 is 0 Å². The average molecular weight is 343 g/mol. The highest BCUT2D eigenvalue weighted by atomic mass is 35.5. The first-order valence-corrected chi connectivity index (χ1v) is 6.15. The number of benzene rings is 2. The number of hydrogen-bond acceptors (Lipinski definition) is 1. The van der Waals surface area contributed by atoms with E-state index in [0.29, 0.717) is 0 Å². The summed E-state index contributed by atoms with van der Waals surface area (Å²) >= 11 is 11.4. The van der Waals surface area contributed by atoms with E-state index in [1.807, 2.05) is 0 Å². The fourth-order valence-corrected chi connectivity index (χ4v) is 2.14. The van der Waals surface area contributed by atoms with E-state index in [1.54, 1.807) is 0 Å². The molecule has 0 fully saturated rings. The second kappa shape index (κ2) is 5.79. The molecule has 0 spiro atoms. The van der Waals surface area contributed by atoms with Crippen LogP contribution in [0.25, 0.3) is 0 Å². The molecule has 0 saturated heterocycles. The Morgan fingerprint density at radius 2 is 1.29 bits per heavy atom. The summed E-state index contributed by atoms with van der Waals surface area (Å²) < 4.78 is 66.4. The highest BCUT2D eigenvalue weighted by Crippen LogP contribution is 2.35. The molecule has 2 aromatic rings. The zero-order valence-electron chi connectivity index (χ0n) is 9.90. The maximum Gasteiger partial charge on any atom is 0.200 e. The van der Waals surface area contributed by atoms with Crippen LogP contribution in [0.3, 0.4) is 0 Å². The Morgan fingerprint density at radius 3 is 1.81 bits per heavy atom. The number of hydrogen-bond donors (Lipinski definition) is 1. The summed E-state index contributed by atoms with van der Waals surface area (Å²) in [5.74, 6) is -10.9. The van der Waals surface area contributed by atoms with E-state index in [4.69, 9.17) is 23.2 Å². The molecule has 0 amide bonds. The molecule has 0 heterocycles. The molecule has 0 aliphatic carbocycles. The Labute approximate surface area is 125 Å². The van der Waals surface area contributed by atoms with Crippen molar-refractivity contribution in [1.82, 2.24) is 0 Å². The number of aliphatic hydroxyl groups excluding tert-OH is 1. The molecule has 21 heavy (non-hydrogen) atoms. The SMILES string of the molecule is OC(c1cc(Cl)ccc1Cl)c1c(F)c(F)c(F)c(F)c1F. The third kappa shape index (κ3) is 2.71. The molecular weight excluding hydrogens is 338 g/mol. The van der Waals surface area contributed by atoms with E-state index in [0.717, 1.165) is 6.07 Å². The smallest absolute Gasteiger partial charge is 0.200 e. The molecule has 112 valence electrons. The first kappa shape index (κ1) is 16.0. The van der Waals surface area contributed by atoms with Gasteiger partial charge in [0.05, 0.1) is 5.56 Å². The molecule has 0 saturated carbocycles. The van der Waals surface area contributed by atoms with E-state index in [1.165, 1.54) is 12.1 Å². The fourth-order valence-electron chi connectivity index (χ4n) is 1.74. The van der Waals surface area contributed by atoms with Crippen molar-refractivity contribution in [2.45, 2.75) is 6.10 Å². The maximum absolute atomic E-state index is 13.6. The van der Waals surface area contributed by atoms with Crippen LogP contribution in [0.2, 0.25) is 10.0 Å². The molecule has 0 aliphatic heterocycles. The quantitative estimate of drug-likeness (QED) is 0.473. The third-order valence-corrected chi connectivity index (χ3v) is 3.35. The van der Waals surface area contributed by atoms with E-state index in [2.05, 4.69) is 0 Å². The van der Waals surface area contributed by atoms with Crippen molar-refractivity contribution in [3.8, 4) is 0 Å². The predicted octanol–water partition coefficient (Wildman–Crippen LogP) is 4.77. The van der Waals surface area contributed by atoms with Crippen molar-refractivity contribution in [2.24, 2.45) is 0 Å². The average Bonchev–Trinajstić information content (AvgIpc) is 2.45. The maximum atomic E-state index is 13.6. The molecule has 1 N–H and O–H groups in total. The molecule has 0 aliphatic rings. The summed E-state index contributed by atoms with van der Waals surface area (Å²) in [6, 6.07) is 3.61. The van der Waals surface area contributed by atoms with Crippen LogP contribution >= 0.6 is 23.2 Å². The minimum absolute atomic E-state index is 0.0670. The Balaban J connectivity index is 2.69. The van der Waals surface area contributed by atoms with Crippen molar-refractivity contribution in [2.75, 3.05) is 0 Å². The number of rotatable bonds is 2. The Kier molecular flexibility index (Phi) is 4.41. The molecule has 8 heteroatoms. The summed E-state index contributed by atoms with van der Waals surface area (Å²) in [4.78, 5) is 0. The number of aliphatic hydroxyl groups is 1. The van der Waals surface area contributed by atoms with Gasteiger partial charge in [-0.1, -0.05) is 23.2 Å². The van der Waals surface area contributed by atoms with Gasteiger partial charge in [0.1, 0.15) is 6.10 Å². The van der Waals surface area contributed by atoms with Gasteiger partial charge in [-0.15, -0.1) is 0 Å². The molecule has 0 aromatic heterocycles. The summed E-state index contributed by atoms with van der Waals surface area (Å²) in [7, 11) is 0. The Bertz CT molecular complexity index is 691. The van der Waals surface area contributed by atoms with Crippen LogP contribution in [0, 0.1) is 29.1 Å². The van der Waals surface area contributed by atoms with Crippen LogP contribution in [0.1, 0.15) is 17.2 Å². The normalized spacial score (nSPS) is 12.6. The van der Waals surface area contributed by atoms with Crippen molar-refractivity contribution >= 4 is 23.2 Å². The van der Waals surface area contributed by atoms with Gasteiger partial charge in [0, 0.05) is 15.6 Å². The van der Waals surface area contributed by atoms with E-state index in [-0.39, 0.29) is 15.6 Å². The second-order valence-electron chi connectivity index (χ2n) is 4.05. The van der Waals surface area contributed by atoms with Crippen LogP contribution in [-0.2, 0) is 0 Å². The monoisotopic (exact) mass is 342 g/mol. The molecule has 2 aromatic carbocycles. The van der Waals surface area contributed by atoms with E-state index >= 15 is 0 Å². The van der Waals surface area contributed by atoms with Gasteiger partial charge in [0.2, 0.25) is 5.82 Å². The van der Waals surface area contributed by atoms with Crippen LogP contribution in [-0.4, -0.2) is 5.11 Å². The van der Waals surface area contributed by atoms with Crippen LogP contribution in [0.5, 0.6) is 0 Å². The van der Waals surface area contributed by atoms with Crippen LogP contribution in [0.15, 0.2) is 18.2 Å². The topological polar surface area (TPSA) is 20.2 Å². The molecular formula is C13H5Cl2F5O. The van der Waals surface area contributed by atoms with Gasteiger partial charge < -0.3 is 5.11 Å². The van der Waals surface area contributed by atoms with Crippen molar-refractivity contribution in [3.63, 3.8) is 0 Å². The van der Waals surface area contributed by atoms with E-state index in [9.17, 15) is 27.1 Å². The standard InChI is InChI=1S/C13H5Cl2F5O/c14-4-1-2-6(15)5(3-4)13(21)7-8(16)10(18)12(20)11(19)9(7)17/h1-3,13,21H. The zero-order chi connectivity index (χ0) is 15.9. The third-order valence-electron chi connectivity index (χ3n) is 2.77.